The van der Waals surface area contributed by atoms with Crippen molar-refractivity contribution in [1.82, 2.24) is 0 Å². The average molecular weight is 278 g/mol. The molecule has 1 aliphatic heterocycles. The predicted octanol–water partition coefficient (Wildman–Crippen LogP) is 2.91. The molecule has 1 aliphatic rings. The van der Waals surface area contributed by atoms with E-state index >= 15 is 0 Å². The van der Waals surface area contributed by atoms with Gasteiger partial charge in [0, 0.05) is 39.6 Å². The van der Waals surface area contributed by atoms with E-state index < -0.39 is 11.7 Å². The highest BCUT2D eigenvalue weighted by molar-refractivity contribution is 5.25. The Kier molecular flexibility index (Phi) is 5.19. The third-order valence-corrected chi connectivity index (χ3v) is 4.43. The first-order valence-electron chi connectivity index (χ1n) is 7.47. The van der Waals surface area contributed by atoms with Crippen LogP contribution >= 0.6 is 0 Å². The average Bonchev–Trinajstić information content (AvgIpc) is 2.48. The highest BCUT2D eigenvalue weighted by Crippen LogP contribution is 2.30. The lowest BCUT2D eigenvalue weighted by atomic mass is 9.84. The monoisotopic (exact) mass is 278 g/mol. The summed E-state index contributed by atoms with van der Waals surface area (Å²) in [6.07, 6.45) is 1.66. The summed E-state index contributed by atoms with van der Waals surface area (Å²) in [6, 6.07) is 8.52. The number of benzene rings is 1. The van der Waals surface area contributed by atoms with Crippen LogP contribution in [0.2, 0.25) is 0 Å². The molecule has 0 spiro atoms. The molecule has 2 rings (SSSR count). The van der Waals surface area contributed by atoms with E-state index in [-0.39, 0.29) is 0 Å². The molecule has 0 aromatic heterocycles. The fraction of sp³-hybridized carbons (Fsp3) is 0.647. The van der Waals surface area contributed by atoms with E-state index in [0.717, 1.165) is 18.4 Å². The summed E-state index contributed by atoms with van der Waals surface area (Å²) in [5.41, 5.74) is 2.04. The summed E-state index contributed by atoms with van der Waals surface area (Å²) < 4.78 is 11.0. The summed E-state index contributed by atoms with van der Waals surface area (Å²) in [6.45, 7) is 5.70. The molecule has 0 bridgehead atoms. The molecule has 1 atom stereocenters. The smallest absolute Gasteiger partial charge is 0.0983 e. The third kappa shape index (κ3) is 3.40. The molecule has 1 saturated heterocycles. The van der Waals surface area contributed by atoms with Gasteiger partial charge in [-0.05, 0) is 17.0 Å². The molecule has 0 radical (unpaired) electrons. The maximum Gasteiger partial charge on any atom is 0.0983 e. The lowest BCUT2D eigenvalue weighted by Crippen LogP contribution is -2.49. The van der Waals surface area contributed by atoms with Crippen LogP contribution in [0.4, 0.5) is 0 Å². The van der Waals surface area contributed by atoms with E-state index in [0.29, 0.717) is 25.6 Å². The second kappa shape index (κ2) is 6.70. The van der Waals surface area contributed by atoms with Gasteiger partial charge in [-0.2, -0.15) is 0 Å². The fourth-order valence-corrected chi connectivity index (χ4v) is 2.84. The zero-order valence-corrected chi connectivity index (χ0v) is 12.8. The van der Waals surface area contributed by atoms with E-state index in [1.54, 1.807) is 7.11 Å². The first-order valence-corrected chi connectivity index (χ1v) is 7.47. The zero-order chi connectivity index (χ0) is 14.6. The van der Waals surface area contributed by atoms with Gasteiger partial charge in [0.1, 0.15) is 0 Å². The van der Waals surface area contributed by atoms with Gasteiger partial charge in [0.15, 0.2) is 0 Å². The molecule has 1 unspecified atom stereocenters. The SMILES string of the molecule is COC1(C(O)Cc2ccc(C(C)C)cc2)CCOCC1. The summed E-state index contributed by atoms with van der Waals surface area (Å²) in [4.78, 5) is 0. The summed E-state index contributed by atoms with van der Waals surface area (Å²) in [5.74, 6) is 0.537. The Hall–Kier alpha value is -0.900. The minimum atomic E-state index is -0.485. The molecule has 112 valence electrons. The van der Waals surface area contributed by atoms with Crippen LogP contribution in [0.5, 0.6) is 0 Å². The van der Waals surface area contributed by atoms with E-state index in [4.69, 9.17) is 9.47 Å². The van der Waals surface area contributed by atoms with Crippen molar-refractivity contribution >= 4 is 0 Å². The van der Waals surface area contributed by atoms with Crippen molar-refractivity contribution < 1.29 is 14.6 Å². The number of rotatable bonds is 5. The number of ether oxygens (including phenoxy) is 2. The van der Waals surface area contributed by atoms with Crippen molar-refractivity contribution in [3.8, 4) is 0 Å². The van der Waals surface area contributed by atoms with Gasteiger partial charge in [-0.15, -0.1) is 0 Å². The Labute approximate surface area is 121 Å². The van der Waals surface area contributed by atoms with Crippen LogP contribution < -0.4 is 0 Å². The van der Waals surface area contributed by atoms with E-state index in [1.165, 1.54) is 5.56 Å². The Morgan fingerprint density at radius 1 is 1.20 bits per heavy atom. The summed E-state index contributed by atoms with van der Waals surface area (Å²) in [7, 11) is 1.69. The van der Waals surface area contributed by atoms with E-state index in [2.05, 4.69) is 38.1 Å². The molecule has 0 amide bonds. The van der Waals surface area contributed by atoms with Crippen molar-refractivity contribution in [3.05, 3.63) is 35.4 Å². The van der Waals surface area contributed by atoms with Gasteiger partial charge in [-0.25, -0.2) is 0 Å². The van der Waals surface area contributed by atoms with Gasteiger partial charge >= 0.3 is 0 Å². The Bertz CT molecular complexity index is 405. The van der Waals surface area contributed by atoms with Crippen LogP contribution in [-0.4, -0.2) is 37.1 Å². The molecule has 1 N–H and O–H groups in total. The van der Waals surface area contributed by atoms with Crippen LogP contribution in [0.15, 0.2) is 24.3 Å². The van der Waals surface area contributed by atoms with Crippen molar-refractivity contribution in [2.45, 2.75) is 50.7 Å². The molecule has 1 aromatic carbocycles. The maximum absolute atomic E-state index is 10.6. The summed E-state index contributed by atoms with van der Waals surface area (Å²) in [5, 5.41) is 10.6. The van der Waals surface area contributed by atoms with Crippen LogP contribution in [0.25, 0.3) is 0 Å². The number of hydrogen-bond donors (Lipinski definition) is 1. The highest BCUT2D eigenvalue weighted by atomic mass is 16.5. The molecule has 20 heavy (non-hydrogen) atoms. The summed E-state index contributed by atoms with van der Waals surface area (Å²) >= 11 is 0. The molecular weight excluding hydrogens is 252 g/mol. The first-order chi connectivity index (χ1) is 9.57. The lowest BCUT2D eigenvalue weighted by Gasteiger charge is -2.39. The number of aliphatic hydroxyl groups is 1. The molecule has 1 fully saturated rings. The highest BCUT2D eigenvalue weighted by Gasteiger charge is 2.39. The Morgan fingerprint density at radius 2 is 1.80 bits per heavy atom. The van der Waals surface area contributed by atoms with Crippen LogP contribution in [0.1, 0.15) is 43.7 Å². The largest absolute Gasteiger partial charge is 0.390 e. The molecule has 1 heterocycles. The van der Waals surface area contributed by atoms with Gasteiger partial charge in [0.05, 0.1) is 11.7 Å². The van der Waals surface area contributed by atoms with E-state index in [9.17, 15) is 5.11 Å². The number of aliphatic hydroxyl groups excluding tert-OH is 1. The van der Waals surface area contributed by atoms with Gasteiger partial charge in [-0.3, -0.25) is 0 Å². The standard InChI is InChI=1S/C17H26O3/c1-13(2)15-6-4-14(5-7-15)12-16(18)17(19-3)8-10-20-11-9-17/h4-7,13,16,18H,8-12H2,1-3H3. The number of hydrogen-bond acceptors (Lipinski definition) is 3. The van der Waals surface area contributed by atoms with Crippen LogP contribution in [0, 0.1) is 0 Å². The topological polar surface area (TPSA) is 38.7 Å². The van der Waals surface area contributed by atoms with Gasteiger partial charge < -0.3 is 14.6 Å². The number of methoxy groups -OCH3 is 1. The first kappa shape index (κ1) is 15.5. The van der Waals surface area contributed by atoms with Gasteiger partial charge in [0.25, 0.3) is 0 Å². The van der Waals surface area contributed by atoms with Crippen LogP contribution in [0.3, 0.4) is 0 Å². The lowest BCUT2D eigenvalue weighted by molar-refractivity contribution is -0.151. The zero-order valence-electron chi connectivity index (χ0n) is 12.8. The van der Waals surface area contributed by atoms with E-state index in [1.807, 2.05) is 0 Å². The van der Waals surface area contributed by atoms with Gasteiger partial charge in [-0.1, -0.05) is 38.1 Å². The predicted molar refractivity (Wildman–Crippen MR) is 80.0 cm³/mol. The van der Waals surface area contributed by atoms with Crippen LogP contribution in [-0.2, 0) is 15.9 Å². The van der Waals surface area contributed by atoms with Crippen molar-refractivity contribution in [1.29, 1.82) is 0 Å². The quantitative estimate of drug-likeness (QED) is 0.900. The normalized spacial score (nSPS) is 20.1. The van der Waals surface area contributed by atoms with Crippen molar-refractivity contribution in [2.24, 2.45) is 0 Å². The second-order valence-electron chi connectivity index (χ2n) is 6.00. The molecule has 3 heteroatoms. The van der Waals surface area contributed by atoms with Gasteiger partial charge in [0.2, 0.25) is 0 Å². The molecule has 1 aromatic rings. The van der Waals surface area contributed by atoms with Crippen molar-refractivity contribution in [3.63, 3.8) is 0 Å². The second-order valence-corrected chi connectivity index (χ2v) is 6.00. The minimum Gasteiger partial charge on any atom is -0.390 e. The fourth-order valence-electron chi connectivity index (χ4n) is 2.84. The molecule has 0 aliphatic carbocycles. The molecule has 0 saturated carbocycles. The molecular formula is C17H26O3. The maximum atomic E-state index is 10.6. The van der Waals surface area contributed by atoms with Crippen molar-refractivity contribution in [2.75, 3.05) is 20.3 Å². The Balaban J connectivity index is 2.04. The Morgan fingerprint density at radius 3 is 2.30 bits per heavy atom. The molecule has 3 nitrogen and oxygen atoms in total. The minimum absolute atomic E-state index is 0.449. The third-order valence-electron chi connectivity index (χ3n) is 4.43.